The number of hydrogen-bond acceptors (Lipinski definition) is 8. The Hall–Kier alpha value is -3.83. The molecule has 2 bridgehead atoms. The van der Waals surface area contributed by atoms with Crippen molar-refractivity contribution in [1.29, 1.82) is 0 Å². The predicted molar refractivity (Wildman–Crippen MR) is 146 cm³/mol. The number of para-hydroxylation sites is 1. The first-order valence-corrected chi connectivity index (χ1v) is 13.0. The van der Waals surface area contributed by atoms with Gasteiger partial charge in [-0.25, -0.2) is 4.98 Å². The van der Waals surface area contributed by atoms with Gasteiger partial charge in [0, 0.05) is 55.7 Å². The molecule has 2 unspecified atom stereocenters. The Morgan fingerprint density at radius 2 is 1.81 bits per heavy atom. The van der Waals surface area contributed by atoms with Crippen LogP contribution >= 0.6 is 0 Å². The summed E-state index contributed by atoms with van der Waals surface area (Å²) in [7, 11) is 0. The standard InChI is InChI=1S/C29H33N7O/c1-29(2)18-34(19-29)13-5-6-20-14-21(11-12-31-20)36-22-9-10-23(36)17-35(16-22)26-15-25(32-33-28(26)30)24-7-3-4-8-27(24)37/h3-4,7-8,11-12,14-15,22-23,37H,9-10,13,16-19H2,1-2H3,(H2,30,33). The maximum absolute atomic E-state index is 10.3. The molecule has 3 aliphatic heterocycles. The van der Waals surface area contributed by atoms with E-state index >= 15 is 0 Å². The van der Waals surface area contributed by atoms with Crippen LogP contribution in [0.4, 0.5) is 17.2 Å². The SMILES string of the molecule is CC1(C)CN(CC#Cc2cc(N3C4CCC3CN(c3cc(-c5ccccc5O)nnc3N)C4)ccn2)C1. The molecule has 0 saturated carbocycles. The monoisotopic (exact) mass is 495 g/mol. The zero-order valence-corrected chi connectivity index (χ0v) is 21.4. The molecule has 37 heavy (non-hydrogen) atoms. The number of nitrogens with zero attached hydrogens (tertiary/aromatic N) is 6. The maximum atomic E-state index is 10.3. The number of nitrogen functional groups attached to an aromatic ring is 1. The number of phenols is 1. The van der Waals surface area contributed by atoms with E-state index in [0.29, 0.717) is 34.6 Å². The van der Waals surface area contributed by atoms with Gasteiger partial charge in [-0.1, -0.05) is 31.9 Å². The van der Waals surface area contributed by atoms with E-state index in [0.717, 1.165) is 56.9 Å². The van der Waals surface area contributed by atoms with E-state index in [1.54, 1.807) is 12.1 Å². The van der Waals surface area contributed by atoms with Gasteiger partial charge in [-0.3, -0.25) is 4.90 Å². The van der Waals surface area contributed by atoms with Crippen LogP contribution in [0, 0.1) is 17.3 Å². The number of benzene rings is 1. The van der Waals surface area contributed by atoms with E-state index in [9.17, 15) is 5.11 Å². The molecule has 2 atom stereocenters. The van der Waals surface area contributed by atoms with Crippen molar-refractivity contribution in [1.82, 2.24) is 20.1 Å². The van der Waals surface area contributed by atoms with Crippen molar-refractivity contribution in [3.8, 4) is 28.8 Å². The van der Waals surface area contributed by atoms with E-state index in [1.807, 2.05) is 24.4 Å². The van der Waals surface area contributed by atoms with Gasteiger partial charge in [0.05, 0.1) is 17.9 Å². The largest absolute Gasteiger partial charge is 0.507 e. The van der Waals surface area contributed by atoms with Crippen LogP contribution in [-0.4, -0.2) is 70.0 Å². The number of piperazine rings is 1. The molecule has 5 heterocycles. The highest BCUT2D eigenvalue weighted by molar-refractivity contribution is 5.74. The number of anilines is 3. The van der Waals surface area contributed by atoms with E-state index in [1.165, 1.54) is 5.69 Å². The van der Waals surface area contributed by atoms with Crippen LogP contribution in [0.25, 0.3) is 11.3 Å². The van der Waals surface area contributed by atoms with Crippen LogP contribution in [0.3, 0.4) is 0 Å². The van der Waals surface area contributed by atoms with Gasteiger partial charge in [0.1, 0.15) is 11.4 Å². The normalized spacial score (nSPS) is 22.3. The topological polar surface area (TPSA) is 94.6 Å². The lowest BCUT2D eigenvalue weighted by atomic mass is 9.84. The zero-order valence-electron chi connectivity index (χ0n) is 21.4. The second-order valence-corrected chi connectivity index (χ2v) is 11.2. The molecule has 8 nitrogen and oxygen atoms in total. The molecule has 8 heteroatoms. The van der Waals surface area contributed by atoms with Crippen LogP contribution in [0.2, 0.25) is 0 Å². The fourth-order valence-corrected chi connectivity index (χ4v) is 6.15. The highest BCUT2D eigenvalue weighted by atomic mass is 16.3. The summed E-state index contributed by atoms with van der Waals surface area (Å²) in [5.74, 6) is 7.19. The van der Waals surface area contributed by atoms with Crippen LogP contribution in [0.15, 0.2) is 48.7 Å². The molecule has 6 rings (SSSR count). The van der Waals surface area contributed by atoms with Gasteiger partial charge < -0.3 is 20.6 Å². The van der Waals surface area contributed by atoms with Gasteiger partial charge in [-0.15, -0.1) is 10.2 Å². The number of aromatic nitrogens is 3. The summed E-state index contributed by atoms with van der Waals surface area (Å²) in [6.07, 6.45) is 4.13. The fourth-order valence-electron chi connectivity index (χ4n) is 6.15. The lowest BCUT2D eigenvalue weighted by molar-refractivity contribution is 0.0443. The first-order chi connectivity index (χ1) is 17.9. The number of phenolic OH excluding ortho intramolecular Hbond substituents is 1. The van der Waals surface area contributed by atoms with Crippen molar-refractivity contribution in [2.24, 2.45) is 5.41 Å². The van der Waals surface area contributed by atoms with Crippen molar-refractivity contribution in [2.45, 2.75) is 38.8 Å². The number of aromatic hydroxyl groups is 1. The smallest absolute Gasteiger partial charge is 0.169 e. The van der Waals surface area contributed by atoms with Gasteiger partial charge >= 0.3 is 0 Å². The van der Waals surface area contributed by atoms with E-state index in [2.05, 4.69) is 67.7 Å². The van der Waals surface area contributed by atoms with Crippen molar-refractivity contribution in [3.05, 3.63) is 54.4 Å². The summed E-state index contributed by atoms with van der Waals surface area (Å²) >= 11 is 0. The Morgan fingerprint density at radius 1 is 1.05 bits per heavy atom. The number of hydrogen-bond donors (Lipinski definition) is 2. The van der Waals surface area contributed by atoms with E-state index in [4.69, 9.17) is 5.73 Å². The Bertz CT molecular complexity index is 1360. The maximum Gasteiger partial charge on any atom is 0.169 e. The minimum Gasteiger partial charge on any atom is -0.507 e. The Balaban J connectivity index is 1.18. The lowest BCUT2D eigenvalue weighted by Crippen LogP contribution is -2.54. The second kappa shape index (κ2) is 9.24. The summed E-state index contributed by atoms with van der Waals surface area (Å²) in [5, 5.41) is 18.8. The quantitative estimate of drug-likeness (QED) is 0.532. The van der Waals surface area contributed by atoms with Gasteiger partial charge in [-0.2, -0.15) is 0 Å². The van der Waals surface area contributed by atoms with Crippen LogP contribution in [0.5, 0.6) is 5.75 Å². The van der Waals surface area contributed by atoms with Crippen molar-refractivity contribution < 1.29 is 5.11 Å². The molecule has 3 saturated heterocycles. The molecule has 3 N–H and O–H groups in total. The van der Waals surface area contributed by atoms with Gasteiger partial charge in [0.2, 0.25) is 0 Å². The van der Waals surface area contributed by atoms with E-state index < -0.39 is 0 Å². The summed E-state index contributed by atoms with van der Waals surface area (Å²) in [4.78, 5) is 11.7. The molecule has 2 aromatic heterocycles. The number of nitrogens with two attached hydrogens (primary N) is 1. The molecule has 0 radical (unpaired) electrons. The third-order valence-corrected chi connectivity index (χ3v) is 7.67. The highest BCUT2D eigenvalue weighted by Crippen LogP contribution is 2.39. The number of fused-ring (bicyclic) bond motifs is 2. The third-order valence-electron chi connectivity index (χ3n) is 7.67. The third kappa shape index (κ3) is 4.67. The summed E-state index contributed by atoms with van der Waals surface area (Å²) < 4.78 is 0. The van der Waals surface area contributed by atoms with Crippen molar-refractivity contribution >= 4 is 17.2 Å². The van der Waals surface area contributed by atoms with Gasteiger partial charge in [-0.05, 0) is 54.5 Å². The van der Waals surface area contributed by atoms with Crippen molar-refractivity contribution in [3.63, 3.8) is 0 Å². The molecule has 0 amide bonds. The minimum absolute atomic E-state index is 0.183. The van der Waals surface area contributed by atoms with Gasteiger partial charge in [0.15, 0.2) is 5.82 Å². The average Bonchev–Trinajstić information content (AvgIpc) is 3.13. The predicted octanol–water partition coefficient (Wildman–Crippen LogP) is 3.38. The molecular weight excluding hydrogens is 462 g/mol. The molecule has 0 spiro atoms. The fraction of sp³-hybridized carbons (Fsp3) is 0.414. The lowest BCUT2D eigenvalue weighted by Gasteiger charge is -2.44. The Kier molecular flexibility index (Phi) is 5.88. The zero-order chi connectivity index (χ0) is 25.6. The van der Waals surface area contributed by atoms with E-state index in [-0.39, 0.29) is 5.75 Å². The summed E-state index contributed by atoms with van der Waals surface area (Å²) in [5.41, 5.74) is 10.9. The molecule has 1 aromatic carbocycles. The first-order valence-electron chi connectivity index (χ1n) is 13.0. The second-order valence-electron chi connectivity index (χ2n) is 11.2. The molecule has 0 aliphatic carbocycles. The van der Waals surface area contributed by atoms with Crippen LogP contribution in [-0.2, 0) is 0 Å². The molecular formula is C29H33N7O. The molecule has 3 aromatic rings. The number of rotatable bonds is 4. The summed E-state index contributed by atoms with van der Waals surface area (Å²) in [6, 6.07) is 14.1. The molecule has 3 aliphatic rings. The first kappa shape index (κ1) is 23.6. The Labute approximate surface area is 218 Å². The van der Waals surface area contributed by atoms with Gasteiger partial charge in [0.25, 0.3) is 0 Å². The van der Waals surface area contributed by atoms with Crippen molar-refractivity contribution in [2.75, 3.05) is 48.3 Å². The average molecular weight is 496 g/mol. The number of likely N-dealkylation sites (tertiary alicyclic amines) is 1. The minimum atomic E-state index is 0.183. The highest BCUT2D eigenvalue weighted by Gasteiger charge is 2.41. The molecule has 190 valence electrons. The van der Waals surface area contributed by atoms with Crippen LogP contribution in [0.1, 0.15) is 32.4 Å². The summed E-state index contributed by atoms with van der Waals surface area (Å²) in [6.45, 7) is 9.29. The number of pyridine rings is 1. The Morgan fingerprint density at radius 3 is 2.54 bits per heavy atom. The van der Waals surface area contributed by atoms with Crippen LogP contribution < -0.4 is 15.5 Å². The molecule has 3 fully saturated rings.